The van der Waals surface area contributed by atoms with Crippen molar-refractivity contribution < 1.29 is 4.79 Å². The largest absolute Gasteiger partial charge is 0.336 e. The Morgan fingerprint density at radius 2 is 1.95 bits per heavy atom. The highest BCUT2D eigenvalue weighted by Crippen LogP contribution is 2.46. The normalized spacial score (nSPS) is 22.1. The topological polar surface area (TPSA) is 61.9 Å². The summed E-state index contributed by atoms with van der Waals surface area (Å²) in [6.07, 6.45) is 8.55. The van der Waals surface area contributed by atoms with Crippen molar-refractivity contribution in [3.63, 3.8) is 0 Å². The average molecular weight is 262 g/mol. The summed E-state index contributed by atoms with van der Waals surface area (Å²) in [4.78, 5) is 18.5. The molecule has 1 spiro atoms. The summed E-state index contributed by atoms with van der Waals surface area (Å²) in [7, 11) is 0. The lowest BCUT2D eigenvalue weighted by atomic mass is 9.77. The van der Waals surface area contributed by atoms with E-state index in [1.165, 1.54) is 25.7 Å². The number of likely N-dealkylation sites (tertiary alicyclic amines) is 1. The molecule has 2 heterocycles. The summed E-state index contributed by atoms with van der Waals surface area (Å²) < 4.78 is 0. The number of aryl methyl sites for hydroxylation is 1. The van der Waals surface area contributed by atoms with E-state index in [0.29, 0.717) is 11.2 Å². The van der Waals surface area contributed by atoms with Gasteiger partial charge in [-0.1, -0.05) is 19.8 Å². The van der Waals surface area contributed by atoms with Crippen molar-refractivity contribution in [2.75, 3.05) is 13.1 Å². The van der Waals surface area contributed by atoms with Crippen LogP contribution in [-0.4, -0.2) is 39.1 Å². The fourth-order valence-electron chi connectivity index (χ4n) is 3.50. The molecular formula is C14H22N4O. The van der Waals surface area contributed by atoms with Gasteiger partial charge in [0, 0.05) is 19.5 Å². The Kier molecular flexibility index (Phi) is 3.29. The Morgan fingerprint density at radius 3 is 2.53 bits per heavy atom. The lowest BCUT2D eigenvalue weighted by molar-refractivity contribution is 0.0576. The Morgan fingerprint density at radius 1 is 1.26 bits per heavy atom. The van der Waals surface area contributed by atoms with Crippen molar-refractivity contribution >= 4 is 5.91 Å². The van der Waals surface area contributed by atoms with Crippen LogP contribution in [0.15, 0.2) is 0 Å². The molecule has 19 heavy (non-hydrogen) atoms. The summed E-state index contributed by atoms with van der Waals surface area (Å²) >= 11 is 0. The maximum absolute atomic E-state index is 12.3. The van der Waals surface area contributed by atoms with Gasteiger partial charge >= 0.3 is 0 Å². The Bertz CT molecular complexity index is 452. The Balaban J connectivity index is 1.63. The molecule has 104 valence electrons. The van der Waals surface area contributed by atoms with Crippen LogP contribution in [0, 0.1) is 5.41 Å². The number of aromatic amines is 1. The molecule has 0 unspecified atom stereocenters. The van der Waals surface area contributed by atoms with Crippen LogP contribution in [0.5, 0.6) is 0 Å². The van der Waals surface area contributed by atoms with Gasteiger partial charge in [-0.2, -0.15) is 0 Å². The van der Waals surface area contributed by atoms with Crippen LogP contribution in [0.2, 0.25) is 0 Å². The molecule has 0 aromatic carbocycles. The van der Waals surface area contributed by atoms with Gasteiger partial charge in [-0.05, 0) is 31.1 Å². The van der Waals surface area contributed by atoms with Gasteiger partial charge in [-0.15, -0.1) is 5.10 Å². The minimum Gasteiger partial charge on any atom is -0.336 e. The lowest BCUT2D eigenvalue weighted by Crippen LogP contribution is -2.42. The summed E-state index contributed by atoms with van der Waals surface area (Å²) in [6.45, 7) is 3.74. The van der Waals surface area contributed by atoms with E-state index in [1.54, 1.807) is 0 Å². The highest BCUT2D eigenvalue weighted by Gasteiger charge is 2.38. The van der Waals surface area contributed by atoms with E-state index in [2.05, 4.69) is 15.2 Å². The average Bonchev–Trinajstić information content (AvgIpc) is 3.08. The van der Waals surface area contributed by atoms with Crippen molar-refractivity contribution in [3.05, 3.63) is 11.6 Å². The number of carbonyl (C=O) groups excluding carboxylic acids is 1. The summed E-state index contributed by atoms with van der Waals surface area (Å²) in [5.74, 6) is 1.11. The predicted molar refractivity (Wildman–Crippen MR) is 71.8 cm³/mol. The molecule has 5 nitrogen and oxygen atoms in total. The van der Waals surface area contributed by atoms with Crippen LogP contribution in [0.25, 0.3) is 0 Å². The zero-order valence-corrected chi connectivity index (χ0v) is 11.6. The van der Waals surface area contributed by atoms with Crippen molar-refractivity contribution in [3.8, 4) is 0 Å². The van der Waals surface area contributed by atoms with Crippen LogP contribution < -0.4 is 0 Å². The first-order chi connectivity index (χ1) is 9.22. The quantitative estimate of drug-likeness (QED) is 0.888. The number of piperidine rings is 1. The van der Waals surface area contributed by atoms with E-state index in [9.17, 15) is 4.79 Å². The predicted octanol–water partition coefficient (Wildman–Crippen LogP) is 2.16. The van der Waals surface area contributed by atoms with Crippen LogP contribution in [0.4, 0.5) is 0 Å². The van der Waals surface area contributed by atoms with Crippen LogP contribution in [0.1, 0.15) is 61.9 Å². The first-order valence-corrected chi connectivity index (χ1v) is 7.43. The second kappa shape index (κ2) is 4.94. The lowest BCUT2D eigenvalue weighted by Gasteiger charge is -2.39. The third-order valence-electron chi connectivity index (χ3n) is 4.83. The van der Waals surface area contributed by atoms with Crippen LogP contribution in [0.3, 0.4) is 0 Å². The molecule has 0 atom stereocenters. The number of carbonyl (C=O) groups is 1. The van der Waals surface area contributed by atoms with Gasteiger partial charge in [0.1, 0.15) is 5.82 Å². The summed E-state index contributed by atoms with van der Waals surface area (Å²) in [6, 6.07) is 0. The summed E-state index contributed by atoms with van der Waals surface area (Å²) in [5, 5.41) is 6.84. The number of hydrogen-bond acceptors (Lipinski definition) is 3. The van der Waals surface area contributed by atoms with Crippen molar-refractivity contribution in [1.29, 1.82) is 0 Å². The fourth-order valence-corrected chi connectivity index (χ4v) is 3.50. The highest BCUT2D eigenvalue weighted by atomic mass is 16.2. The van der Waals surface area contributed by atoms with Gasteiger partial charge < -0.3 is 4.90 Å². The Hall–Kier alpha value is -1.39. The van der Waals surface area contributed by atoms with Crippen molar-refractivity contribution in [2.45, 2.75) is 51.9 Å². The van der Waals surface area contributed by atoms with Gasteiger partial charge in [0.05, 0.1) is 0 Å². The van der Waals surface area contributed by atoms with Gasteiger partial charge in [0.25, 0.3) is 5.91 Å². The molecule has 0 bridgehead atoms. The standard InChI is InChI=1S/C14H22N4O/c1-2-11-15-12(17-16-11)13(19)18-9-7-14(8-10-18)5-3-4-6-14/h2-10H2,1H3,(H,15,16,17). The third-order valence-corrected chi connectivity index (χ3v) is 4.83. The van der Waals surface area contributed by atoms with E-state index in [0.717, 1.165) is 38.2 Å². The molecule has 1 saturated heterocycles. The number of nitrogens with zero attached hydrogens (tertiary/aromatic N) is 3. The number of hydrogen-bond donors (Lipinski definition) is 1. The van der Waals surface area contributed by atoms with Crippen LogP contribution >= 0.6 is 0 Å². The number of nitrogens with one attached hydrogen (secondary N) is 1. The maximum atomic E-state index is 12.3. The first kappa shape index (κ1) is 12.6. The highest BCUT2D eigenvalue weighted by molar-refractivity contribution is 5.90. The maximum Gasteiger partial charge on any atom is 0.293 e. The van der Waals surface area contributed by atoms with E-state index in [-0.39, 0.29) is 5.91 Å². The number of rotatable bonds is 2. The Labute approximate surface area is 113 Å². The van der Waals surface area contributed by atoms with Gasteiger partial charge in [0.2, 0.25) is 5.82 Å². The van der Waals surface area contributed by atoms with Crippen molar-refractivity contribution in [1.82, 2.24) is 20.1 Å². The number of amides is 1. The van der Waals surface area contributed by atoms with Gasteiger partial charge in [-0.3, -0.25) is 9.89 Å². The number of H-pyrrole nitrogens is 1. The zero-order chi connectivity index (χ0) is 13.3. The van der Waals surface area contributed by atoms with Crippen LogP contribution in [-0.2, 0) is 6.42 Å². The van der Waals surface area contributed by atoms with E-state index >= 15 is 0 Å². The fraction of sp³-hybridized carbons (Fsp3) is 0.786. The van der Waals surface area contributed by atoms with E-state index in [1.807, 2.05) is 11.8 Å². The molecular weight excluding hydrogens is 240 g/mol. The smallest absolute Gasteiger partial charge is 0.293 e. The monoisotopic (exact) mass is 262 g/mol. The van der Waals surface area contributed by atoms with Gasteiger partial charge in [0.15, 0.2) is 0 Å². The third kappa shape index (κ3) is 2.38. The van der Waals surface area contributed by atoms with E-state index in [4.69, 9.17) is 0 Å². The van der Waals surface area contributed by atoms with Crippen molar-refractivity contribution in [2.24, 2.45) is 5.41 Å². The molecule has 1 N–H and O–H groups in total. The molecule has 5 heteroatoms. The zero-order valence-electron chi connectivity index (χ0n) is 11.6. The molecule has 1 saturated carbocycles. The van der Waals surface area contributed by atoms with E-state index < -0.39 is 0 Å². The molecule has 1 aliphatic heterocycles. The molecule has 2 aliphatic rings. The van der Waals surface area contributed by atoms with Gasteiger partial charge in [-0.25, -0.2) is 4.98 Å². The molecule has 3 rings (SSSR count). The molecule has 1 amide bonds. The minimum absolute atomic E-state index is 0.0104. The first-order valence-electron chi connectivity index (χ1n) is 7.43. The second-order valence-electron chi connectivity index (χ2n) is 5.96. The molecule has 0 radical (unpaired) electrons. The molecule has 2 fully saturated rings. The molecule has 1 aromatic rings. The second-order valence-corrected chi connectivity index (χ2v) is 5.96. The summed E-state index contributed by atoms with van der Waals surface area (Å²) in [5.41, 5.74) is 0.546. The minimum atomic E-state index is -0.0104. The molecule has 1 aromatic heterocycles. The SMILES string of the molecule is CCc1nc(C(=O)N2CCC3(CCCC3)CC2)n[nH]1. The number of aromatic nitrogens is 3. The molecule has 1 aliphatic carbocycles.